The minimum absolute atomic E-state index is 0.141. The van der Waals surface area contributed by atoms with E-state index in [0.717, 1.165) is 16.9 Å². The summed E-state index contributed by atoms with van der Waals surface area (Å²) in [6, 6.07) is 11.6. The van der Waals surface area contributed by atoms with E-state index in [4.69, 9.17) is 16.3 Å². The van der Waals surface area contributed by atoms with Gasteiger partial charge in [0.15, 0.2) is 0 Å². The van der Waals surface area contributed by atoms with E-state index in [1.807, 2.05) is 25.1 Å². The highest BCUT2D eigenvalue weighted by molar-refractivity contribution is 6.31. The molecule has 0 aliphatic heterocycles. The highest BCUT2D eigenvalue weighted by Gasteiger charge is 2.12. The first-order valence-corrected chi connectivity index (χ1v) is 7.07. The van der Waals surface area contributed by atoms with Gasteiger partial charge in [-0.2, -0.15) is 0 Å². The molecule has 0 amide bonds. The van der Waals surface area contributed by atoms with Crippen LogP contribution in [0.15, 0.2) is 36.4 Å². The maximum Gasteiger partial charge on any atom is 0.134 e. The first-order valence-electron chi connectivity index (χ1n) is 6.69. The van der Waals surface area contributed by atoms with E-state index in [0.29, 0.717) is 22.3 Å². The van der Waals surface area contributed by atoms with Crippen molar-refractivity contribution >= 4 is 11.6 Å². The quantitative estimate of drug-likeness (QED) is 0.853. The maximum atomic E-state index is 9.45. The molecule has 0 aliphatic carbocycles. The van der Waals surface area contributed by atoms with E-state index < -0.39 is 0 Å². The molecule has 3 heteroatoms. The van der Waals surface area contributed by atoms with Crippen LogP contribution in [0.5, 0.6) is 11.5 Å². The second-order valence-electron chi connectivity index (χ2n) is 5.17. The second kappa shape index (κ2) is 6.29. The van der Waals surface area contributed by atoms with Gasteiger partial charge in [0.1, 0.15) is 11.5 Å². The number of halogens is 1. The highest BCUT2D eigenvalue weighted by atomic mass is 35.5. The van der Waals surface area contributed by atoms with Gasteiger partial charge in [0.25, 0.3) is 0 Å². The maximum absolute atomic E-state index is 9.45. The van der Waals surface area contributed by atoms with Crippen molar-refractivity contribution in [3.05, 3.63) is 58.1 Å². The molecule has 0 saturated carbocycles. The summed E-state index contributed by atoms with van der Waals surface area (Å²) in [6.07, 6.45) is 0. The normalized spacial score (nSPS) is 10.9. The lowest BCUT2D eigenvalue weighted by atomic mass is 10.0. The molecule has 2 nitrogen and oxygen atoms in total. The average Bonchev–Trinajstić information content (AvgIpc) is 2.38. The number of aryl methyl sites for hydroxylation is 1. The van der Waals surface area contributed by atoms with Crippen LogP contribution in [0.3, 0.4) is 0 Å². The summed E-state index contributed by atoms with van der Waals surface area (Å²) in [7, 11) is 0. The van der Waals surface area contributed by atoms with E-state index in [9.17, 15) is 5.11 Å². The van der Waals surface area contributed by atoms with Crippen LogP contribution >= 0.6 is 11.6 Å². The van der Waals surface area contributed by atoms with Crippen molar-refractivity contribution in [1.29, 1.82) is 0 Å². The Labute approximate surface area is 125 Å². The molecule has 2 rings (SSSR count). The van der Waals surface area contributed by atoms with Crippen molar-refractivity contribution in [2.75, 3.05) is 0 Å². The van der Waals surface area contributed by atoms with E-state index in [2.05, 4.69) is 26.0 Å². The number of ether oxygens (including phenoxy) is 1. The number of hydrogen-bond acceptors (Lipinski definition) is 2. The zero-order valence-corrected chi connectivity index (χ0v) is 12.7. The van der Waals surface area contributed by atoms with E-state index in [1.54, 1.807) is 6.07 Å². The Kier molecular flexibility index (Phi) is 4.69. The molecule has 0 aliphatic rings. The molecule has 0 atom stereocenters. The third-order valence-corrected chi connectivity index (χ3v) is 3.60. The predicted molar refractivity (Wildman–Crippen MR) is 82.7 cm³/mol. The van der Waals surface area contributed by atoms with Crippen LogP contribution in [0, 0.1) is 6.92 Å². The number of hydrogen-bond donors (Lipinski definition) is 1. The molecule has 2 aromatic rings. The van der Waals surface area contributed by atoms with Crippen molar-refractivity contribution in [2.24, 2.45) is 0 Å². The third kappa shape index (κ3) is 3.14. The molecule has 2 aromatic carbocycles. The Morgan fingerprint density at radius 3 is 2.55 bits per heavy atom. The minimum Gasteiger partial charge on any atom is -0.457 e. The Hall–Kier alpha value is -1.51. The SMILES string of the molecule is Cc1ccc(C(C)C)c(Oc2cccc(Cl)c2CO)c1. The van der Waals surface area contributed by atoms with Gasteiger partial charge < -0.3 is 9.84 Å². The van der Waals surface area contributed by atoms with Gasteiger partial charge in [-0.05, 0) is 42.2 Å². The van der Waals surface area contributed by atoms with Gasteiger partial charge >= 0.3 is 0 Å². The molecule has 0 spiro atoms. The fourth-order valence-corrected chi connectivity index (χ4v) is 2.34. The number of aliphatic hydroxyl groups excluding tert-OH is 1. The van der Waals surface area contributed by atoms with Crippen LogP contribution in [0.4, 0.5) is 0 Å². The smallest absolute Gasteiger partial charge is 0.134 e. The lowest BCUT2D eigenvalue weighted by Crippen LogP contribution is -1.97. The van der Waals surface area contributed by atoms with Gasteiger partial charge in [-0.15, -0.1) is 0 Å². The standard InChI is InChI=1S/C17H19ClO2/c1-11(2)13-8-7-12(3)9-17(13)20-16-6-4-5-15(18)14(16)10-19/h4-9,11,19H,10H2,1-3H3. The molecular weight excluding hydrogens is 272 g/mol. The van der Waals surface area contributed by atoms with Crippen molar-refractivity contribution < 1.29 is 9.84 Å². The van der Waals surface area contributed by atoms with Crippen LogP contribution in [-0.4, -0.2) is 5.11 Å². The van der Waals surface area contributed by atoms with Crippen LogP contribution in [0.25, 0.3) is 0 Å². The lowest BCUT2D eigenvalue weighted by molar-refractivity contribution is 0.276. The molecule has 0 heterocycles. The monoisotopic (exact) mass is 290 g/mol. The van der Waals surface area contributed by atoms with Crippen molar-refractivity contribution in [3.63, 3.8) is 0 Å². The molecule has 1 N–H and O–H groups in total. The van der Waals surface area contributed by atoms with Gasteiger partial charge in [0.2, 0.25) is 0 Å². The van der Waals surface area contributed by atoms with E-state index in [-0.39, 0.29) is 6.61 Å². The zero-order chi connectivity index (χ0) is 14.7. The van der Waals surface area contributed by atoms with Gasteiger partial charge in [-0.25, -0.2) is 0 Å². The summed E-state index contributed by atoms with van der Waals surface area (Å²) in [5.74, 6) is 1.78. The molecule has 0 aromatic heterocycles. The first-order chi connectivity index (χ1) is 9.52. The zero-order valence-electron chi connectivity index (χ0n) is 12.0. The number of benzene rings is 2. The van der Waals surface area contributed by atoms with Crippen LogP contribution in [-0.2, 0) is 6.61 Å². The Morgan fingerprint density at radius 1 is 1.15 bits per heavy atom. The molecular formula is C17H19ClO2. The average molecular weight is 291 g/mol. The number of aliphatic hydroxyl groups is 1. The van der Waals surface area contributed by atoms with Gasteiger partial charge in [0, 0.05) is 10.6 Å². The molecule has 0 saturated heterocycles. The lowest BCUT2D eigenvalue weighted by Gasteiger charge is -2.16. The predicted octanol–water partition coefficient (Wildman–Crippen LogP) is 5.06. The Balaban J connectivity index is 2.44. The molecule has 0 fully saturated rings. The molecule has 0 bridgehead atoms. The van der Waals surface area contributed by atoms with Gasteiger partial charge in [-0.1, -0.05) is 43.6 Å². The minimum atomic E-state index is -0.141. The Morgan fingerprint density at radius 2 is 1.90 bits per heavy atom. The summed E-state index contributed by atoms with van der Waals surface area (Å²) < 4.78 is 6.01. The van der Waals surface area contributed by atoms with Crippen molar-refractivity contribution in [2.45, 2.75) is 33.3 Å². The van der Waals surface area contributed by atoms with Crippen LogP contribution in [0.1, 0.15) is 36.5 Å². The molecule has 20 heavy (non-hydrogen) atoms. The van der Waals surface area contributed by atoms with Gasteiger partial charge in [-0.3, -0.25) is 0 Å². The van der Waals surface area contributed by atoms with Crippen LogP contribution in [0.2, 0.25) is 5.02 Å². The summed E-state index contributed by atoms with van der Waals surface area (Å²) in [4.78, 5) is 0. The van der Waals surface area contributed by atoms with Crippen molar-refractivity contribution in [1.82, 2.24) is 0 Å². The Bertz CT molecular complexity index is 606. The molecule has 0 unspecified atom stereocenters. The van der Waals surface area contributed by atoms with E-state index in [1.165, 1.54) is 0 Å². The van der Waals surface area contributed by atoms with Gasteiger partial charge in [0.05, 0.1) is 6.61 Å². The fourth-order valence-electron chi connectivity index (χ4n) is 2.11. The molecule has 106 valence electrons. The summed E-state index contributed by atoms with van der Waals surface area (Å²) in [6.45, 7) is 6.14. The summed E-state index contributed by atoms with van der Waals surface area (Å²) in [5, 5.41) is 9.96. The van der Waals surface area contributed by atoms with Crippen molar-refractivity contribution in [3.8, 4) is 11.5 Å². The topological polar surface area (TPSA) is 29.5 Å². The second-order valence-corrected chi connectivity index (χ2v) is 5.58. The van der Waals surface area contributed by atoms with Crippen LogP contribution < -0.4 is 4.74 Å². The third-order valence-electron chi connectivity index (χ3n) is 3.24. The summed E-state index contributed by atoms with van der Waals surface area (Å²) in [5.41, 5.74) is 2.89. The molecule has 0 radical (unpaired) electrons. The summed E-state index contributed by atoms with van der Waals surface area (Å²) >= 11 is 6.09. The number of rotatable bonds is 4. The highest BCUT2D eigenvalue weighted by Crippen LogP contribution is 2.35. The fraction of sp³-hybridized carbons (Fsp3) is 0.294. The van der Waals surface area contributed by atoms with E-state index >= 15 is 0 Å². The first kappa shape index (κ1) is 14.9. The largest absolute Gasteiger partial charge is 0.457 e.